The number of benzene rings is 2. The van der Waals surface area contributed by atoms with E-state index in [2.05, 4.69) is 5.32 Å². The highest BCUT2D eigenvalue weighted by Gasteiger charge is 2.32. The average molecular weight is 405 g/mol. The summed E-state index contributed by atoms with van der Waals surface area (Å²) in [5, 5.41) is 3.59. The van der Waals surface area contributed by atoms with Gasteiger partial charge < -0.3 is 10.1 Å². The van der Waals surface area contributed by atoms with Gasteiger partial charge in [0.2, 0.25) is 0 Å². The van der Waals surface area contributed by atoms with Crippen molar-refractivity contribution in [2.75, 3.05) is 6.54 Å². The first-order valence-electron chi connectivity index (χ1n) is 8.49. The summed E-state index contributed by atoms with van der Waals surface area (Å²) in [5.41, 5.74) is 1.97. The molecule has 0 aliphatic carbocycles. The Morgan fingerprint density at radius 1 is 1.07 bits per heavy atom. The molecule has 3 rings (SSSR count). The Bertz CT molecular complexity index is 895. The maximum atomic E-state index is 12.2. The van der Waals surface area contributed by atoms with E-state index >= 15 is 0 Å². The fourth-order valence-electron chi connectivity index (χ4n) is 2.62. The van der Waals surface area contributed by atoms with Crippen LogP contribution in [0.15, 0.2) is 48.2 Å². The van der Waals surface area contributed by atoms with E-state index < -0.39 is 0 Å². The molecule has 0 unspecified atom stereocenters. The van der Waals surface area contributed by atoms with Crippen molar-refractivity contribution >= 4 is 41.2 Å². The summed E-state index contributed by atoms with van der Waals surface area (Å²) in [4.78, 5) is 25.2. The summed E-state index contributed by atoms with van der Waals surface area (Å²) in [6.07, 6.45) is 2.37. The molecule has 0 radical (unpaired) electrons. The van der Waals surface area contributed by atoms with Crippen LogP contribution in [0.3, 0.4) is 0 Å². The highest BCUT2D eigenvalue weighted by molar-refractivity contribution is 6.42. The molecule has 140 valence electrons. The van der Waals surface area contributed by atoms with Gasteiger partial charge in [-0.2, -0.15) is 0 Å². The second kappa shape index (κ2) is 8.46. The molecule has 2 aromatic rings. The Morgan fingerprint density at radius 2 is 1.81 bits per heavy atom. The van der Waals surface area contributed by atoms with Crippen LogP contribution in [0.2, 0.25) is 10.0 Å². The lowest BCUT2D eigenvalue weighted by molar-refractivity contribution is -0.122. The number of hydrogen-bond donors (Lipinski definition) is 1. The summed E-state index contributed by atoms with van der Waals surface area (Å²) in [5.74, 6) is 0.374. The summed E-state index contributed by atoms with van der Waals surface area (Å²) >= 11 is 11.9. The third-order valence-electron chi connectivity index (χ3n) is 3.99. The van der Waals surface area contributed by atoms with Gasteiger partial charge in [0.15, 0.2) is 0 Å². The lowest BCUT2D eigenvalue weighted by Crippen LogP contribution is -2.31. The first-order chi connectivity index (χ1) is 13.0. The number of hydrogen-bond acceptors (Lipinski definition) is 3. The molecular weight excluding hydrogens is 387 g/mol. The zero-order valence-electron chi connectivity index (χ0n) is 14.7. The first kappa shape index (κ1) is 19.3. The van der Waals surface area contributed by atoms with Crippen LogP contribution in [0, 0.1) is 0 Å². The van der Waals surface area contributed by atoms with Gasteiger partial charge in [0.1, 0.15) is 18.1 Å². The summed E-state index contributed by atoms with van der Waals surface area (Å²) < 4.78 is 5.73. The van der Waals surface area contributed by atoms with Crippen LogP contribution in [0.5, 0.6) is 5.75 Å². The molecule has 1 saturated heterocycles. The molecule has 27 heavy (non-hydrogen) atoms. The fraction of sp³-hybridized carbons (Fsp3) is 0.200. The smallest absolute Gasteiger partial charge is 0.329 e. The predicted molar refractivity (Wildman–Crippen MR) is 106 cm³/mol. The van der Waals surface area contributed by atoms with E-state index in [1.807, 2.05) is 25.1 Å². The highest BCUT2D eigenvalue weighted by atomic mass is 35.5. The minimum atomic E-state index is -0.380. The van der Waals surface area contributed by atoms with Crippen molar-refractivity contribution in [3.63, 3.8) is 0 Å². The number of amides is 3. The number of carbonyl (C=O) groups is 2. The minimum absolute atomic E-state index is 0.276. The van der Waals surface area contributed by atoms with Crippen LogP contribution >= 0.6 is 23.2 Å². The van der Waals surface area contributed by atoms with Gasteiger partial charge in [0.05, 0.1) is 10.0 Å². The molecule has 0 atom stereocenters. The number of nitrogens with one attached hydrogen (secondary N) is 1. The molecule has 5 nitrogen and oxygen atoms in total. The van der Waals surface area contributed by atoms with Crippen molar-refractivity contribution in [3.8, 4) is 5.75 Å². The molecule has 1 fully saturated rings. The fourth-order valence-corrected chi connectivity index (χ4v) is 2.94. The monoisotopic (exact) mass is 404 g/mol. The lowest BCUT2D eigenvalue weighted by atomic mass is 10.2. The predicted octanol–water partition coefficient (Wildman–Crippen LogP) is 4.88. The second-order valence-electron chi connectivity index (χ2n) is 6.05. The maximum Gasteiger partial charge on any atom is 0.329 e. The standard InChI is InChI=1S/C20H18Cl2N2O3/c1-2-9-24-19(25)18(23-20(24)26)11-13-3-6-15(7-4-13)27-12-14-5-8-16(21)17(22)10-14/h3-8,10-11H,2,9,12H2,1H3,(H,23,26)/b18-11+. The zero-order chi connectivity index (χ0) is 19.4. The van der Waals surface area contributed by atoms with Gasteiger partial charge in [-0.1, -0.05) is 48.3 Å². The van der Waals surface area contributed by atoms with Crippen LogP contribution in [0.1, 0.15) is 24.5 Å². The molecule has 0 aromatic heterocycles. The second-order valence-corrected chi connectivity index (χ2v) is 6.87. The molecule has 2 aromatic carbocycles. The summed E-state index contributed by atoms with van der Waals surface area (Å²) in [6.45, 7) is 2.68. The largest absolute Gasteiger partial charge is 0.489 e. The van der Waals surface area contributed by atoms with E-state index in [-0.39, 0.29) is 17.6 Å². The van der Waals surface area contributed by atoms with Crippen molar-refractivity contribution in [2.45, 2.75) is 20.0 Å². The number of nitrogens with zero attached hydrogens (tertiary/aromatic N) is 1. The van der Waals surface area contributed by atoms with Crippen LogP contribution in [-0.2, 0) is 11.4 Å². The summed E-state index contributed by atoms with van der Waals surface area (Å²) in [6, 6.07) is 12.2. The maximum absolute atomic E-state index is 12.2. The molecular formula is C20H18Cl2N2O3. The van der Waals surface area contributed by atoms with Crippen LogP contribution in [0.4, 0.5) is 4.79 Å². The molecule has 0 saturated carbocycles. The van der Waals surface area contributed by atoms with Gasteiger partial charge in [-0.15, -0.1) is 0 Å². The first-order valence-corrected chi connectivity index (χ1v) is 9.25. The molecule has 0 bridgehead atoms. The van der Waals surface area contributed by atoms with E-state index in [1.165, 1.54) is 4.90 Å². The topological polar surface area (TPSA) is 58.6 Å². The molecule has 1 N–H and O–H groups in total. The third-order valence-corrected chi connectivity index (χ3v) is 4.73. The Balaban J connectivity index is 1.64. The van der Waals surface area contributed by atoms with E-state index in [9.17, 15) is 9.59 Å². The van der Waals surface area contributed by atoms with Gasteiger partial charge >= 0.3 is 6.03 Å². The highest BCUT2D eigenvalue weighted by Crippen LogP contribution is 2.24. The number of urea groups is 1. The summed E-state index contributed by atoms with van der Waals surface area (Å²) in [7, 11) is 0. The van der Waals surface area contributed by atoms with E-state index in [4.69, 9.17) is 27.9 Å². The Morgan fingerprint density at radius 3 is 2.48 bits per heavy atom. The van der Waals surface area contributed by atoms with Crippen molar-refractivity contribution in [2.24, 2.45) is 0 Å². The van der Waals surface area contributed by atoms with Gasteiger partial charge in [0.25, 0.3) is 5.91 Å². The van der Waals surface area contributed by atoms with E-state index in [0.29, 0.717) is 28.9 Å². The van der Waals surface area contributed by atoms with Gasteiger partial charge in [-0.3, -0.25) is 9.69 Å². The van der Waals surface area contributed by atoms with E-state index in [0.717, 1.165) is 17.5 Å². The number of imide groups is 1. The van der Waals surface area contributed by atoms with Crippen molar-refractivity contribution in [3.05, 3.63) is 69.3 Å². The van der Waals surface area contributed by atoms with Gasteiger partial charge in [-0.05, 0) is 47.9 Å². The quantitative estimate of drug-likeness (QED) is 0.551. The molecule has 1 aliphatic heterocycles. The minimum Gasteiger partial charge on any atom is -0.489 e. The molecule has 7 heteroatoms. The average Bonchev–Trinajstić information content (AvgIpc) is 2.92. The normalized spacial score (nSPS) is 15.4. The Labute approximate surface area is 167 Å². The van der Waals surface area contributed by atoms with E-state index in [1.54, 1.807) is 30.3 Å². The lowest BCUT2D eigenvalue weighted by Gasteiger charge is -2.08. The van der Waals surface area contributed by atoms with Crippen LogP contribution in [-0.4, -0.2) is 23.4 Å². The Kier molecular flexibility index (Phi) is 6.04. The number of ether oxygens (including phenoxy) is 1. The number of halogens is 2. The number of rotatable bonds is 6. The van der Waals surface area contributed by atoms with Gasteiger partial charge in [0, 0.05) is 6.54 Å². The third kappa shape index (κ3) is 4.62. The molecule has 1 heterocycles. The molecule has 0 spiro atoms. The van der Waals surface area contributed by atoms with Crippen LogP contribution in [0.25, 0.3) is 6.08 Å². The van der Waals surface area contributed by atoms with Crippen LogP contribution < -0.4 is 10.1 Å². The molecule has 1 aliphatic rings. The number of carbonyl (C=O) groups excluding carboxylic acids is 2. The molecule has 3 amide bonds. The zero-order valence-corrected chi connectivity index (χ0v) is 16.2. The van der Waals surface area contributed by atoms with Crippen molar-refractivity contribution < 1.29 is 14.3 Å². The van der Waals surface area contributed by atoms with Gasteiger partial charge in [-0.25, -0.2) is 4.79 Å². The SMILES string of the molecule is CCCN1C(=O)N/C(=C/c2ccc(OCc3ccc(Cl)c(Cl)c3)cc2)C1=O. The van der Waals surface area contributed by atoms with Crippen molar-refractivity contribution in [1.82, 2.24) is 10.2 Å². The van der Waals surface area contributed by atoms with Crippen molar-refractivity contribution in [1.29, 1.82) is 0 Å². The Hall–Kier alpha value is -2.50.